The Morgan fingerprint density at radius 2 is 2.40 bits per heavy atom. The highest BCUT2D eigenvalue weighted by atomic mass is 32.1. The number of nitrogens with one attached hydrogen (secondary N) is 1. The lowest BCUT2D eigenvalue weighted by atomic mass is 10.2. The summed E-state index contributed by atoms with van der Waals surface area (Å²) >= 11 is 1.75. The predicted octanol–water partition coefficient (Wildman–Crippen LogP) is 2.18. The molecule has 0 saturated carbocycles. The summed E-state index contributed by atoms with van der Waals surface area (Å²) in [6.07, 6.45) is 4.77. The normalized spacial score (nSPS) is 26.3. The molecule has 0 unspecified atom stereocenters. The number of rotatable bonds is 5. The SMILES string of the molecule is O=C(CNC[C@H]1CCCO1)N1CCC[C@@H]1c1cccs1. The van der Waals surface area contributed by atoms with Crippen molar-refractivity contribution in [2.24, 2.45) is 0 Å². The zero-order chi connectivity index (χ0) is 13.8. The molecule has 0 radical (unpaired) electrons. The highest BCUT2D eigenvalue weighted by Crippen LogP contribution is 2.34. The summed E-state index contributed by atoms with van der Waals surface area (Å²) in [7, 11) is 0. The molecule has 0 aliphatic carbocycles. The van der Waals surface area contributed by atoms with Crippen LogP contribution in [0.5, 0.6) is 0 Å². The summed E-state index contributed by atoms with van der Waals surface area (Å²) in [6.45, 7) is 2.99. The fourth-order valence-corrected chi connectivity index (χ4v) is 3.96. The van der Waals surface area contributed by atoms with Gasteiger partial charge in [0.25, 0.3) is 0 Å². The third kappa shape index (κ3) is 3.22. The number of amides is 1. The summed E-state index contributed by atoms with van der Waals surface area (Å²) in [5, 5.41) is 5.35. The van der Waals surface area contributed by atoms with Gasteiger partial charge in [-0.15, -0.1) is 11.3 Å². The zero-order valence-corrected chi connectivity index (χ0v) is 12.5. The van der Waals surface area contributed by atoms with Crippen LogP contribution in [0.1, 0.15) is 36.6 Å². The average Bonchev–Trinajstić information content (AvgIpc) is 3.19. The molecule has 0 bridgehead atoms. The molecule has 110 valence electrons. The number of nitrogens with zero attached hydrogens (tertiary/aromatic N) is 1. The van der Waals surface area contributed by atoms with Gasteiger partial charge in [0.05, 0.1) is 18.7 Å². The van der Waals surface area contributed by atoms with E-state index in [0.29, 0.717) is 18.7 Å². The first-order valence-corrected chi connectivity index (χ1v) is 8.38. The van der Waals surface area contributed by atoms with Crippen molar-refractivity contribution < 1.29 is 9.53 Å². The minimum absolute atomic E-state index is 0.221. The molecule has 1 N–H and O–H groups in total. The average molecular weight is 294 g/mol. The third-order valence-electron chi connectivity index (χ3n) is 4.12. The Balaban J connectivity index is 1.48. The Kier molecular flexibility index (Phi) is 4.70. The van der Waals surface area contributed by atoms with Gasteiger partial charge < -0.3 is 15.0 Å². The van der Waals surface area contributed by atoms with Crippen LogP contribution < -0.4 is 5.32 Å². The number of thiophene rings is 1. The number of hydrogen-bond donors (Lipinski definition) is 1. The van der Waals surface area contributed by atoms with Crippen LogP contribution >= 0.6 is 11.3 Å². The molecule has 2 aliphatic rings. The second-order valence-electron chi connectivity index (χ2n) is 5.53. The lowest BCUT2D eigenvalue weighted by Gasteiger charge is -2.24. The van der Waals surface area contributed by atoms with E-state index >= 15 is 0 Å². The van der Waals surface area contributed by atoms with Gasteiger partial charge in [0.2, 0.25) is 5.91 Å². The number of ether oxygens (including phenoxy) is 1. The second-order valence-corrected chi connectivity index (χ2v) is 6.51. The predicted molar refractivity (Wildman–Crippen MR) is 79.9 cm³/mol. The van der Waals surface area contributed by atoms with Crippen molar-refractivity contribution in [2.75, 3.05) is 26.2 Å². The van der Waals surface area contributed by atoms with Gasteiger partial charge >= 0.3 is 0 Å². The number of carbonyl (C=O) groups excluding carboxylic acids is 1. The van der Waals surface area contributed by atoms with Gasteiger partial charge in [-0.25, -0.2) is 0 Å². The van der Waals surface area contributed by atoms with Crippen LogP contribution in [0.2, 0.25) is 0 Å². The van der Waals surface area contributed by atoms with Crippen molar-refractivity contribution in [2.45, 2.75) is 37.8 Å². The molecule has 2 atom stereocenters. The molecule has 1 aromatic heterocycles. The van der Waals surface area contributed by atoms with E-state index in [1.54, 1.807) is 11.3 Å². The Hall–Kier alpha value is -0.910. The highest BCUT2D eigenvalue weighted by Gasteiger charge is 2.30. The van der Waals surface area contributed by atoms with Crippen LogP contribution in [0.3, 0.4) is 0 Å². The Labute approximate surface area is 124 Å². The summed E-state index contributed by atoms with van der Waals surface area (Å²) < 4.78 is 5.55. The van der Waals surface area contributed by atoms with E-state index in [9.17, 15) is 4.79 Å². The molecule has 20 heavy (non-hydrogen) atoms. The maximum absolute atomic E-state index is 12.4. The topological polar surface area (TPSA) is 41.6 Å². The molecule has 4 nitrogen and oxygen atoms in total. The summed E-state index contributed by atoms with van der Waals surface area (Å²) in [6, 6.07) is 4.50. The molecular weight excluding hydrogens is 272 g/mol. The molecule has 5 heteroatoms. The van der Waals surface area contributed by atoms with Crippen molar-refractivity contribution in [3.8, 4) is 0 Å². The zero-order valence-electron chi connectivity index (χ0n) is 11.7. The van der Waals surface area contributed by atoms with Crippen LogP contribution in [-0.2, 0) is 9.53 Å². The lowest BCUT2D eigenvalue weighted by Crippen LogP contribution is -2.39. The summed E-state index contributed by atoms with van der Waals surface area (Å²) in [5.74, 6) is 0.221. The van der Waals surface area contributed by atoms with Crippen LogP contribution in [0.15, 0.2) is 17.5 Å². The monoisotopic (exact) mass is 294 g/mol. The van der Waals surface area contributed by atoms with Crippen molar-refractivity contribution in [1.82, 2.24) is 10.2 Å². The largest absolute Gasteiger partial charge is 0.377 e. The Bertz CT molecular complexity index is 429. The number of likely N-dealkylation sites (tertiary alicyclic amines) is 1. The van der Waals surface area contributed by atoms with Crippen molar-refractivity contribution in [1.29, 1.82) is 0 Å². The van der Waals surface area contributed by atoms with Crippen LogP contribution in [0, 0.1) is 0 Å². The van der Waals surface area contributed by atoms with E-state index in [0.717, 1.165) is 45.4 Å². The van der Waals surface area contributed by atoms with Crippen molar-refractivity contribution >= 4 is 17.2 Å². The molecule has 2 aliphatic heterocycles. The molecule has 2 fully saturated rings. The smallest absolute Gasteiger partial charge is 0.237 e. The molecule has 0 spiro atoms. The van der Waals surface area contributed by atoms with Crippen LogP contribution in [0.25, 0.3) is 0 Å². The summed E-state index contributed by atoms with van der Waals surface area (Å²) in [5.41, 5.74) is 0. The standard InChI is InChI=1S/C15H22N2O2S/c18-15(11-16-10-12-4-2-8-19-12)17-7-1-5-13(17)14-6-3-9-20-14/h3,6,9,12-13,16H,1-2,4-5,7-8,10-11H2/t12-,13-/m1/s1. The van der Waals surface area contributed by atoms with Gasteiger partial charge in [0, 0.05) is 24.6 Å². The van der Waals surface area contributed by atoms with Gasteiger partial charge in [0.1, 0.15) is 0 Å². The summed E-state index contributed by atoms with van der Waals surface area (Å²) in [4.78, 5) is 15.7. The molecule has 1 amide bonds. The molecule has 3 rings (SSSR count). The van der Waals surface area contributed by atoms with Crippen LogP contribution in [0.4, 0.5) is 0 Å². The van der Waals surface area contributed by atoms with Gasteiger partial charge in [-0.2, -0.15) is 0 Å². The van der Waals surface area contributed by atoms with Crippen LogP contribution in [-0.4, -0.2) is 43.2 Å². The fraction of sp³-hybridized carbons (Fsp3) is 0.667. The van der Waals surface area contributed by atoms with Gasteiger partial charge in [-0.1, -0.05) is 6.07 Å². The highest BCUT2D eigenvalue weighted by molar-refractivity contribution is 7.10. The van der Waals surface area contributed by atoms with Crippen molar-refractivity contribution in [3.63, 3.8) is 0 Å². The van der Waals surface area contributed by atoms with E-state index in [4.69, 9.17) is 4.74 Å². The molecule has 1 aromatic rings. The quantitative estimate of drug-likeness (QED) is 0.905. The minimum Gasteiger partial charge on any atom is -0.377 e. The Morgan fingerprint density at radius 1 is 1.45 bits per heavy atom. The molecule has 2 saturated heterocycles. The minimum atomic E-state index is 0.221. The molecule has 3 heterocycles. The van der Waals surface area contributed by atoms with Crippen molar-refractivity contribution in [3.05, 3.63) is 22.4 Å². The van der Waals surface area contributed by atoms with E-state index < -0.39 is 0 Å². The van der Waals surface area contributed by atoms with E-state index in [-0.39, 0.29) is 5.91 Å². The maximum Gasteiger partial charge on any atom is 0.237 e. The second kappa shape index (κ2) is 6.70. The molecular formula is C15H22N2O2S. The molecule has 0 aromatic carbocycles. The fourth-order valence-electron chi connectivity index (χ4n) is 3.09. The van der Waals surface area contributed by atoms with E-state index in [2.05, 4.69) is 22.8 Å². The van der Waals surface area contributed by atoms with Gasteiger partial charge in [-0.05, 0) is 37.1 Å². The number of carbonyl (C=O) groups is 1. The lowest BCUT2D eigenvalue weighted by molar-refractivity contribution is -0.131. The van der Waals surface area contributed by atoms with Gasteiger partial charge in [-0.3, -0.25) is 4.79 Å². The maximum atomic E-state index is 12.4. The van der Waals surface area contributed by atoms with Gasteiger partial charge in [0.15, 0.2) is 0 Å². The number of hydrogen-bond acceptors (Lipinski definition) is 4. The third-order valence-corrected chi connectivity index (χ3v) is 5.09. The first kappa shape index (κ1) is 14.0. The van der Waals surface area contributed by atoms with E-state index in [1.165, 1.54) is 4.88 Å². The first-order valence-electron chi connectivity index (χ1n) is 7.50. The van der Waals surface area contributed by atoms with E-state index in [1.807, 2.05) is 4.90 Å². The Morgan fingerprint density at radius 3 is 3.15 bits per heavy atom. The first-order chi connectivity index (χ1) is 9.84.